The highest BCUT2D eigenvalue weighted by atomic mass is 19.4. The van der Waals surface area contributed by atoms with Crippen molar-refractivity contribution >= 4 is 17.4 Å². The summed E-state index contributed by atoms with van der Waals surface area (Å²) in [6, 6.07) is 2.98. The molecule has 1 fully saturated rings. The van der Waals surface area contributed by atoms with E-state index in [1.165, 1.54) is 6.07 Å². The molecular weight excluding hydrogens is 475 g/mol. The molecule has 0 saturated carbocycles. The number of amides is 1. The summed E-state index contributed by atoms with van der Waals surface area (Å²) in [4.78, 5) is 24.4. The molecule has 0 unspecified atom stereocenters. The summed E-state index contributed by atoms with van der Waals surface area (Å²) in [7, 11) is 0. The predicted molar refractivity (Wildman–Crippen MR) is 128 cm³/mol. The zero-order chi connectivity index (χ0) is 26.3. The fourth-order valence-corrected chi connectivity index (χ4v) is 4.81. The predicted octanol–water partition coefficient (Wildman–Crippen LogP) is 4.03. The number of aromatic nitrogens is 2. The van der Waals surface area contributed by atoms with Gasteiger partial charge in [0.15, 0.2) is 5.60 Å². The number of alkyl halides is 3. The van der Waals surface area contributed by atoms with Gasteiger partial charge in [-0.3, -0.25) is 4.79 Å². The number of hydrogen-bond acceptors (Lipinski definition) is 7. The molecule has 1 amide bonds. The highest BCUT2D eigenvalue weighted by Crippen LogP contribution is 2.35. The van der Waals surface area contributed by atoms with Crippen LogP contribution in [0.1, 0.15) is 61.4 Å². The van der Waals surface area contributed by atoms with Crippen molar-refractivity contribution in [3.05, 3.63) is 46.4 Å². The molecule has 1 aromatic carbocycles. The van der Waals surface area contributed by atoms with Crippen LogP contribution in [0.4, 0.5) is 24.7 Å². The van der Waals surface area contributed by atoms with Crippen LogP contribution in [0.15, 0.2) is 18.2 Å². The Kier molecular flexibility index (Phi) is 7.16. The maximum absolute atomic E-state index is 13.6. The molecule has 0 radical (unpaired) electrons. The van der Waals surface area contributed by atoms with Crippen LogP contribution < -0.4 is 11.1 Å². The van der Waals surface area contributed by atoms with E-state index in [9.17, 15) is 18.0 Å². The number of carbonyl (C=O) groups is 1. The van der Waals surface area contributed by atoms with Crippen molar-refractivity contribution in [1.82, 2.24) is 14.9 Å². The lowest BCUT2D eigenvalue weighted by atomic mass is 9.97. The van der Waals surface area contributed by atoms with Gasteiger partial charge in [-0.2, -0.15) is 13.2 Å². The second-order valence-corrected chi connectivity index (χ2v) is 9.74. The average molecular weight is 508 g/mol. The van der Waals surface area contributed by atoms with Crippen molar-refractivity contribution in [2.24, 2.45) is 0 Å². The third kappa shape index (κ3) is 5.41. The fraction of sp³-hybridized carbons (Fsp3) is 0.560. The number of benzene rings is 1. The van der Waals surface area contributed by atoms with Crippen LogP contribution in [0.5, 0.6) is 0 Å². The van der Waals surface area contributed by atoms with Crippen LogP contribution in [-0.2, 0) is 33.4 Å². The lowest BCUT2D eigenvalue weighted by molar-refractivity contribution is -0.165. The molecule has 0 bridgehead atoms. The molecule has 11 heteroatoms. The van der Waals surface area contributed by atoms with Crippen molar-refractivity contribution < 1.29 is 27.4 Å². The van der Waals surface area contributed by atoms with E-state index in [2.05, 4.69) is 15.3 Å². The van der Waals surface area contributed by atoms with Gasteiger partial charge in [0.2, 0.25) is 0 Å². The van der Waals surface area contributed by atoms with Gasteiger partial charge in [0.25, 0.3) is 5.91 Å². The quantitative estimate of drug-likeness (QED) is 0.569. The number of carbonyl (C=O) groups excluding carboxylic acids is 1. The molecule has 1 aromatic heterocycles. The van der Waals surface area contributed by atoms with E-state index in [1.54, 1.807) is 18.7 Å². The second-order valence-electron chi connectivity index (χ2n) is 9.74. The Bertz CT molecular complexity index is 1130. The number of nitrogen functional groups attached to an aromatic ring is 1. The van der Waals surface area contributed by atoms with E-state index in [0.29, 0.717) is 43.2 Å². The maximum Gasteiger partial charge on any atom is 0.416 e. The van der Waals surface area contributed by atoms with Crippen LogP contribution in [0.25, 0.3) is 0 Å². The van der Waals surface area contributed by atoms with Gasteiger partial charge in [-0.15, -0.1) is 0 Å². The Labute approximate surface area is 208 Å². The number of rotatable bonds is 6. The molecule has 3 heterocycles. The van der Waals surface area contributed by atoms with Crippen LogP contribution >= 0.6 is 0 Å². The molecule has 4 rings (SSSR count). The first kappa shape index (κ1) is 26.2. The second kappa shape index (κ2) is 9.85. The minimum atomic E-state index is -4.51. The van der Waals surface area contributed by atoms with Gasteiger partial charge in [0.05, 0.1) is 43.2 Å². The van der Waals surface area contributed by atoms with E-state index in [1.807, 2.05) is 13.8 Å². The summed E-state index contributed by atoms with van der Waals surface area (Å²) in [6.07, 6.45) is -3.64. The molecule has 2 aliphatic rings. The fourth-order valence-electron chi connectivity index (χ4n) is 4.81. The van der Waals surface area contributed by atoms with Crippen molar-refractivity contribution in [3.8, 4) is 0 Å². The van der Waals surface area contributed by atoms with Crippen LogP contribution in [0.2, 0.25) is 0 Å². The average Bonchev–Trinajstić information content (AvgIpc) is 3.26. The van der Waals surface area contributed by atoms with Crippen LogP contribution in [0, 0.1) is 6.92 Å². The molecule has 3 N–H and O–H groups in total. The van der Waals surface area contributed by atoms with Gasteiger partial charge >= 0.3 is 6.18 Å². The standard InChI is InChI=1S/C25H32F3N5O3/c1-14(2)36-24(6-8-35-13-24)23(34)33-7-5-21-20(12-33)22(32-16(4)31-21)30-15(3)17-9-18(25(26,27)28)11-19(29)10-17/h9-11,14-15H,5-8,12-13,29H2,1-4H3,(H,30,31,32)/t15-,24-/m1/s1. The van der Waals surface area contributed by atoms with Gasteiger partial charge in [0, 0.05) is 30.6 Å². The molecule has 2 atom stereocenters. The first-order valence-electron chi connectivity index (χ1n) is 12.0. The molecule has 8 nitrogen and oxygen atoms in total. The number of anilines is 2. The zero-order valence-corrected chi connectivity index (χ0v) is 20.9. The van der Waals surface area contributed by atoms with Crippen LogP contribution in [0.3, 0.4) is 0 Å². The summed E-state index contributed by atoms with van der Waals surface area (Å²) in [6.45, 7) is 8.68. The zero-order valence-electron chi connectivity index (χ0n) is 20.9. The summed E-state index contributed by atoms with van der Waals surface area (Å²) in [5.41, 5.74) is 5.89. The maximum atomic E-state index is 13.6. The smallest absolute Gasteiger partial charge is 0.399 e. The van der Waals surface area contributed by atoms with E-state index in [-0.39, 0.29) is 30.9 Å². The topological polar surface area (TPSA) is 103 Å². The minimum Gasteiger partial charge on any atom is -0.399 e. The Balaban J connectivity index is 1.61. The third-order valence-electron chi connectivity index (χ3n) is 6.45. The molecule has 0 aliphatic carbocycles. The SMILES string of the molecule is Cc1nc2c(c(N[C@H](C)c3cc(N)cc(C(F)(F)F)c3)n1)CN(C(=O)[C@@]1(OC(C)C)CCOC1)CC2. The largest absolute Gasteiger partial charge is 0.416 e. The van der Waals surface area contributed by atoms with Gasteiger partial charge < -0.3 is 25.4 Å². The minimum absolute atomic E-state index is 0.0281. The van der Waals surface area contributed by atoms with Crippen molar-refractivity contribution in [2.75, 3.05) is 30.8 Å². The number of nitrogens with one attached hydrogen (secondary N) is 1. The van der Waals surface area contributed by atoms with Crippen molar-refractivity contribution in [1.29, 1.82) is 0 Å². The van der Waals surface area contributed by atoms with Gasteiger partial charge in [-0.05, 0) is 51.5 Å². The van der Waals surface area contributed by atoms with E-state index < -0.39 is 23.4 Å². The normalized spacial score (nSPS) is 20.9. The number of nitrogens with zero attached hydrogens (tertiary/aromatic N) is 3. The Morgan fingerprint density at radius 1 is 1.25 bits per heavy atom. The Hall–Kier alpha value is -2.92. The lowest BCUT2D eigenvalue weighted by Crippen LogP contribution is -2.53. The Morgan fingerprint density at radius 3 is 2.64 bits per heavy atom. The summed E-state index contributed by atoms with van der Waals surface area (Å²) in [5.74, 6) is 0.889. The van der Waals surface area contributed by atoms with Gasteiger partial charge in [-0.1, -0.05) is 0 Å². The van der Waals surface area contributed by atoms with E-state index >= 15 is 0 Å². The molecule has 2 aliphatic heterocycles. The third-order valence-corrected chi connectivity index (χ3v) is 6.45. The molecule has 196 valence electrons. The van der Waals surface area contributed by atoms with E-state index in [0.717, 1.165) is 23.4 Å². The number of hydrogen-bond donors (Lipinski definition) is 2. The monoisotopic (exact) mass is 507 g/mol. The first-order valence-corrected chi connectivity index (χ1v) is 12.0. The first-order chi connectivity index (χ1) is 16.9. The summed E-state index contributed by atoms with van der Waals surface area (Å²) >= 11 is 0. The van der Waals surface area contributed by atoms with Gasteiger partial charge in [-0.25, -0.2) is 9.97 Å². The highest BCUT2D eigenvalue weighted by molar-refractivity contribution is 5.86. The highest BCUT2D eigenvalue weighted by Gasteiger charge is 2.47. The summed E-state index contributed by atoms with van der Waals surface area (Å²) in [5, 5.41) is 3.24. The van der Waals surface area contributed by atoms with E-state index in [4.69, 9.17) is 15.2 Å². The number of fused-ring (bicyclic) bond motifs is 1. The number of ether oxygens (including phenoxy) is 2. The number of nitrogens with two attached hydrogens (primary N) is 1. The molecule has 0 spiro atoms. The van der Waals surface area contributed by atoms with Crippen molar-refractivity contribution in [2.45, 2.75) is 71.0 Å². The van der Waals surface area contributed by atoms with Crippen LogP contribution in [-0.4, -0.2) is 52.2 Å². The summed E-state index contributed by atoms with van der Waals surface area (Å²) < 4.78 is 51.5. The number of aryl methyl sites for hydroxylation is 1. The molecule has 36 heavy (non-hydrogen) atoms. The number of halogens is 3. The molecule has 1 saturated heterocycles. The molecule has 2 aromatic rings. The lowest BCUT2D eigenvalue weighted by Gasteiger charge is -2.37. The van der Waals surface area contributed by atoms with Crippen molar-refractivity contribution in [3.63, 3.8) is 0 Å². The Morgan fingerprint density at radius 2 is 2.00 bits per heavy atom. The van der Waals surface area contributed by atoms with Gasteiger partial charge in [0.1, 0.15) is 11.6 Å². The molecular formula is C25H32F3N5O3.